The van der Waals surface area contributed by atoms with E-state index in [0.29, 0.717) is 22.7 Å². The molecule has 0 heterocycles. The van der Waals surface area contributed by atoms with E-state index in [1.165, 1.54) is 25.3 Å². The Bertz CT molecular complexity index is 1190. The van der Waals surface area contributed by atoms with Crippen molar-refractivity contribution >= 4 is 33.4 Å². The van der Waals surface area contributed by atoms with Gasteiger partial charge in [-0.2, -0.15) is 0 Å². The molecule has 1 amide bonds. The topological polar surface area (TPSA) is 93.7 Å². The molecule has 0 saturated heterocycles. The van der Waals surface area contributed by atoms with E-state index in [-0.39, 0.29) is 10.6 Å². The zero-order valence-corrected chi connectivity index (χ0v) is 17.8. The first-order valence-corrected chi connectivity index (χ1v) is 10.8. The van der Waals surface area contributed by atoms with Crippen LogP contribution in [0.3, 0.4) is 0 Å². The van der Waals surface area contributed by atoms with Gasteiger partial charge in [-0.1, -0.05) is 30.3 Å². The second-order valence-electron chi connectivity index (χ2n) is 6.39. The molecule has 8 heteroatoms. The average molecular weight is 439 g/mol. The van der Waals surface area contributed by atoms with Crippen molar-refractivity contribution in [2.75, 3.05) is 24.3 Å². The van der Waals surface area contributed by atoms with Crippen LogP contribution in [-0.2, 0) is 14.8 Å². The Labute approximate surface area is 181 Å². The van der Waals surface area contributed by atoms with Crippen LogP contribution in [0.1, 0.15) is 5.56 Å². The standard InChI is InChI=1S/C23H22N2O5S/c1-29-18-14-12-17(22(16-18)30-2)13-15-23(26)24-20-10-6-7-11-21(20)25-31(27,28)19-8-4-3-5-9-19/h3-16,25H,1-2H3,(H,24,26)/b15-13+. The SMILES string of the molecule is COc1ccc(/C=C/C(=O)Nc2ccccc2NS(=O)(=O)c2ccccc2)c(OC)c1. The van der Waals surface area contributed by atoms with Crippen LogP contribution < -0.4 is 19.5 Å². The van der Waals surface area contributed by atoms with Crippen molar-refractivity contribution in [3.8, 4) is 11.5 Å². The van der Waals surface area contributed by atoms with Crippen LogP contribution >= 0.6 is 0 Å². The van der Waals surface area contributed by atoms with Gasteiger partial charge in [0.25, 0.3) is 10.0 Å². The number of carbonyl (C=O) groups is 1. The van der Waals surface area contributed by atoms with Gasteiger partial charge < -0.3 is 14.8 Å². The lowest BCUT2D eigenvalue weighted by Crippen LogP contribution is -2.16. The average Bonchev–Trinajstić information content (AvgIpc) is 2.79. The Morgan fingerprint density at radius 2 is 1.55 bits per heavy atom. The molecule has 0 atom stereocenters. The lowest BCUT2D eigenvalue weighted by molar-refractivity contribution is -0.111. The molecule has 0 bridgehead atoms. The molecule has 0 aliphatic heterocycles. The van der Waals surface area contributed by atoms with Crippen LogP contribution in [0.5, 0.6) is 11.5 Å². The zero-order chi connectivity index (χ0) is 22.3. The second-order valence-corrected chi connectivity index (χ2v) is 8.08. The first-order valence-electron chi connectivity index (χ1n) is 9.31. The van der Waals surface area contributed by atoms with Gasteiger partial charge in [-0.3, -0.25) is 9.52 Å². The van der Waals surface area contributed by atoms with Gasteiger partial charge in [-0.05, 0) is 42.5 Å². The van der Waals surface area contributed by atoms with Crippen LogP contribution in [0.25, 0.3) is 6.08 Å². The number of anilines is 2. The predicted octanol–water partition coefficient (Wildman–Crippen LogP) is 4.16. The summed E-state index contributed by atoms with van der Waals surface area (Å²) in [5, 5.41) is 2.70. The Hall–Kier alpha value is -3.78. The molecule has 0 radical (unpaired) electrons. The van der Waals surface area contributed by atoms with Crippen LogP contribution in [-0.4, -0.2) is 28.5 Å². The molecule has 0 aliphatic rings. The fourth-order valence-electron chi connectivity index (χ4n) is 2.78. The molecule has 0 aromatic heterocycles. The second kappa shape index (κ2) is 9.82. The summed E-state index contributed by atoms with van der Waals surface area (Å²) in [6.45, 7) is 0. The molecular weight excluding hydrogens is 416 g/mol. The van der Waals surface area contributed by atoms with Crippen molar-refractivity contribution in [1.82, 2.24) is 0 Å². The molecular formula is C23H22N2O5S. The van der Waals surface area contributed by atoms with Gasteiger partial charge in [0.1, 0.15) is 11.5 Å². The van der Waals surface area contributed by atoms with Crippen LogP contribution in [0, 0.1) is 0 Å². The summed E-state index contributed by atoms with van der Waals surface area (Å²) >= 11 is 0. The Kier molecular flexibility index (Phi) is 6.94. The third-order valence-corrected chi connectivity index (χ3v) is 5.72. The number of sulfonamides is 1. The fourth-order valence-corrected chi connectivity index (χ4v) is 3.88. The summed E-state index contributed by atoms with van der Waals surface area (Å²) in [6.07, 6.45) is 2.94. The number of rotatable bonds is 8. The zero-order valence-electron chi connectivity index (χ0n) is 17.0. The lowest BCUT2D eigenvalue weighted by atomic mass is 10.1. The molecule has 7 nitrogen and oxygen atoms in total. The number of nitrogens with one attached hydrogen (secondary N) is 2. The lowest BCUT2D eigenvalue weighted by Gasteiger charge is -2.13. The summed E-state index contributed by atoms with van der Waals surface area (Å²) in [5.41, 5.74) is 1.28. The number of ether oxygens (including phenoxy) is 2. The Morgan fingerprint density at radius 1 is 0.871 bits per heavy atom. The molecule has 160 valence electrons. The number of methoxy groups -OCH3 is 2. The number of benzene rings is 3. The highest BCUT2D eigenvalue weighted by molar-refractivity contribution is 7.92. The third-order valence-electron chi connectivity index (χ3n) is 4.34. The van der Waals surface area contributed by atoms with Crippen molar-refractivity contribution in [2.45, 2.75) is 4.90 Å². The van der Waals surface area contributed by atoms with Crippen molar-refractivity contribution in [1.29, 1.82) is 0 Å². The van der Waals surface area contributed by atoms with Gasteiger partial charge in [0.15, 0.2) is 0 Å². The van der Waals surface area contributed by atoms with Crippen molar-refractivity contribution in [3.05, 3.63) is 84.4 Å². The van der Waals surface area contributed by atoms with Gasteiger partial charge in [-0.25, -0.2) is 8.42 Å². The predicted molar refractivity (Wildman–Crippen MR) is 121 cm³/mol. The first-order chi connectivity index (χ1) is 14.9. The highest BCUT2D eigenvalue weighted by Crippen LogP contribution is 2.26. The minimum absolute atomic E-state index is 0.127. The highest BCUT2D eigenvalue weighted by Gasteiger charge is 2.16. The van der Waals surface area contributed by atoms with E-state index in [4.69, 9.17) is 9.47 Å². The normalized spacial score (nSPS) is 11.2. The number of para-hydroxylation sites is 2. The molecule has 0 spiro atoms. The summed E-state index contributed by atoms with van der Waals surface area (Å²) < 4.78 is 38.2. The monoisotopic (exact) mass is 438 g/mol. The molecule has 31 heavy (non-hydrogen) atoms. The molecule has 0 fully saturated rings. The summed E-state index contributed by atoms with van der Waals surface area (Å²) in [7, 11) is -0.704. The van der Waals surface area contributed by atoms with Gasteiger partial charge >= 0.3 is 0 Å². The maximum Gasteiger partial charge on any atom is 0.261 e. The Balaban J connectivity index is 1.77. The molecule has 3 rings (SSSR count). The Morgan fingerprint density at radius 3 is 2.23 bits per heavy atom. The number of hydrogen-bond acceptors (Lipinski definition) is 5. The smallest absolute Gasteiger partial charge is 0.261 e. The highest BCUT2D eigenvalue weighted by atomic mass is 32.2. The maximum atomic E-state index is 12.6. The summed E-state index contributed by atoms with van der Waals surface area (Å²) in [5.74, 6) is 0.765. The fraction of sp³-hybridized carbons (Fsp3) is 0.0870. The van der Waals surface area contributed by atoms with E-state index < -0.39 is 15.9 Å². The summed E-state index contributed by atoms with van der Waals surface area (Å²) in [6, 6.07) is 19.8. The number of carbonyl (C=O) groups excluding carboxylic acids is 1. The molecule has 2 N–H and O–H groups in total. The van der Waals surface area contributed by atoms with Crippen LogP contribution in [0.2, 0.25) is 0 Å². The molecule has 3 aromatic carbocycles. The molecule has 0 saturated carbocycles. The molecule has 0 unspecified atom stereocenters. The van der Waals surface area contributed by atoms with Crippen molar-refractivity contribution in [3.63, 3.8) is 0 Å². The van der Waals surface area contributed by atoms with Gasteiger partial charge in [0.05, 0.1) is 30.5 Å². The van der Waals surface area contributed by atoms with Crippen molar-refractivity contribution < 1.29 is 22.7 Å². The number of hydrogen-bond donors (Lipinski definition) is 2. The minimum Gasteiger partial charge on any atom is -0.497 e. The van der Waals surface area contributed by atoms with E-state index in [1.54, 1.807) is 73.8 Å². The largest absolute Gasteiger partial charge is 0.497 e. The van der Waals surface area contributed by atoms with E-state index in [1.807, 2.05) is 0 Å². The van der Waals surface area contributed by atoms with Crippen LogP contribution in [0.15, 0.2) is 83.8 Å². The van der Waals surface area contributed by atoms with E-state index in [9.17, 15) is 13.2 Å². The first kappa shape index (κ1) is 21.9. The van der Waals surface area contributed by atoms with E-state index in [2.05, 4.69) is 10.0 Å². The third kappa shape index (κ3) is 5.64. The molecule has 3 aromatic rings. The van der Waals surface area contributed by atoms with Gasteiger partial charge in [0.2, 0.25) is 5.91 Å². The van der Waals surface area contributed by atoms with Gasteiger partial charge in [0, 0.05) is 17.7 Å². The van der Waals surface area contributed by atoms with Crippen molar-refractivity contribution in [2.24, 2.45) is 0 Å². The molecule has 0 aliphatic carbocycles. The van der Waals surface area contributed by atoms with Crippen LogP contribution in [0.4, 0.5) is 11.4 Å². The maximum absolute atomic E-state index is 12.6. The van der Waals surface area contributed by atoms with Gasteiger partial charge in [-0.15, -0.1) is 0 Å². The minimum atomic E-state index is -3.79. The quantitative estimate of drug-likeness (QED) is 0.515. The van der Waals surface area contributed by atoms with E-state index >= 15 is 0 Å². The van der Waals surface area contributed by atoms with E-state index in [0.717, 1.165) is 0 Å². The number of amides is 1. The summed E-state index contributed by atoms with van der Waals surface area (Å²) in [4.78, 5) is 12.6.